The number of esters is 1. The summed E-state index contributed by atoms with van der Waals surface area (Å²) in [6.07, 6.45) is 9.53. The van der Waals surface area contributed by atoms with Crippen LogP contribution in [0.15, 0.2) is 42.5 Å². The molecule has 144 valence electrons. The van der Waals surface area contributed by atoms with Gasteiger partial charge in [-0.2, -0.15) is 0 Å². The molecule has 0 saturated carbocycles. The molecule has 2 aromatic carbocycles. The summed E-state index contributed by atoms with van der Waals surface area (Å²) in [5, 5.41) is 0. The number of hydrogen-bond acceptors (Lipinski definition) is 3. The highest BCUT2D eigenvalue weighted by Gasteiger charge is 2.20. The lowest BCUT2D eigenvalue weighted by molar-refractivity contribution is -0.145. The minimum absolute atomic E-state index is 0.0776. The molecule has 0 atom stereocenters. The van der Waals surface area contributed by atoms with Gasteiger partial charge in [0.05, 0.1) is 0 Å². The molecule has 27 heavy (non-hydrogen) atoms. The van der Waals surface area contributed by atoms with Gasteiger partial charge in [0.2, 0.25) is 0 Å². The summed E-state index contributed by atoms with van der Waals surface area (Å²) in [6.45, 7) is 1.18. The van der Waals surface area contributed by atoms with Crippen molar-refractivity contribution in [1.82, 2.24) is 0 Å². The third kappa shape index (κ3) is 5.43. The molecule has 3 rings (SSSR count). The van der Waals surface area contributed by atoms with E-state index in [9.17, 15) is 4.79 Å². The second kappa shape index (κ2) is 10.3. The van der Waals surface area contributed by atoms with Crippen molar-refractivity contribution in [2.24, 2.45) is 5.73 Å². The summed E-state index contributed by atoms with van der Waals surface area (Å²) in [5.41, 5.74) is 11.9. The van der Waals surface area contributed by atoms with Crippen LogP contribution in [0.25, 0.3) is 11.1 Å². The summed E-state index contributed by atoms with van der Waals surface area (Å²) in [7, 11) is 0. The molecule has 0 unspecified atom stereocenters. The van der Waals surface area contributed by atoms with Crippen LogP contribution in [0.3, 0.4) is 0 Å². The number of fused-ring (bicyclic) bond motifs is 3. The Labute approximate surface area is 162 Å². The highest BCUT2D eigenvalue weighted by atomic mass is 16.5. The number of carbonyl (C=O) groups excluding carboxylic acids is 1. The summed E-state index contributed by atoms with van der Waals surface area (Å²) in [4.78, 5) is 12.1. The number of rotatable bonds is 11. The highest BCUT2D eigenvalue weighted by Crippen LogP contribution is 2.38. The molecule has 0 amide bonds. The van der Waals surface area contributed by atoms with Crippen LogP contribution in [0, 0.1) is 0 Å². The van der Waals surface area contributed by atoms with Gasteiger partial charge in [0.15, 0.2) is 0 Å². The lowest BCUT2D eigenvalue weighted by Gasteiger charge is -2.10. The zero-order chi connectivity index (χ0) is 18.9. The molecule has 1 aliphatic carbocycles. The number of ether oxygens (including phenoxy) is 1. The molecule has 1 aliphatic rings. The van der Waals surface area contributed by atoms with Gasteiger partial charge in [-0.1, -0.05) is 74.6 Å². The van der Waals surface area contributed by atoms with Crippen LogP contribution in [0.2, 0.25) is 0 Å². The van der Waals surface area contributed by atoms with Crippen LogP contribution in [-0.2, 0) is 22.6 Å². The van der Waals surface area contributed by atoms with Gasteiger partial charge in [-0.3, -0.25) is 4.79 Å². The molecule has 0 saturated heterocycles. The minimum atomic E-state index is -0.0776. The molecule has 3 heteroatoms. The number of unbranched alkanes of at least 4 members (excludes halogenated alkanes) is 6. The van der Waals surface area contributed by atoms with Crippen LogP contribution in [0.5, 0.6) is 0 Å². The average molecular weight is 366 g/mol. The Hall–Kier alpha value is -2.13. The Balaban J connectivity index is 1.39. The van der Waals surface area contributed by atoms with Crippen molar-refractivity contribution in [2.75, 3.05) is 6.54 Å². The van der Waals surface area contributed by atoms with E-state index in [1.165, 1.54) is 47.9 Å². The van der Waals surface area contributed by atoms with E-state index < -0.39 is 0 Å². The van der Waals surface area contributed by atoms with E-state index in [1.807, 2.05) is 0 Å². The highest BCUT2D eigenvalue weighted by molar-refractivity contribution is 5.78. The first kappa shape index (κ1) is 19.6. The average Bonchev–Trinajstić information content (AvgIpc) is 3.08. The van der Waals surface area contributed by atoms with Gasteiger partial charge >= 0.3 is 5.97 Å². The van der Waals surface area contributed by atoms with Crippen LogP contribution >= 0.6 is 0 Å². The normalized spacial score (nSPS) is 11.9. The molecule has 2 N–H and O–H groups in total. The second-order valence-corrected chi connectivity index (χ2v) is 7.45. The number of carbonyl (C=O) groups is 1. The Morgan fingerprint density at radius 2 is 1.56 bits per heavy atom. The van der Waals surface area contributed by atoms with Gasteiger partial charge < -0.3 is 10.5 Å². The molecule has 0 spiro atoms. The predicted molar refractivity (Wildman–Crippen MR) is 110 cm³/mol. The summed E-state index contributed by atoms with van der Waals surface area (Å²) < 4.78 is 5.56. The van der Waals surface area contributed by atoms with E-state index in [2.05, 4.69) is 42.5 Å². The fraction of sp³-hybridized carbons (Fsp3) is 0.458. The SMILES string of the molecule is NCCCCCCCCCC(=O)OCc1cccc2c1Cc1ccccc1-2. The lowest BCUT2D eigenvalue weighted by atomic mass is 10.0. The standard InChI is InChI=1S/C24H31NO2/c25-16-9-5-3-1-2-4-6-15-24(26)27-18-20-12-10-14-22-21-13-8-7-11-19(21)17-23(20)22/h7-8,10-14H,1-6,9,15-18,25H2. The predicted octanol–water partition coefficient (Wildman–Crippen LogP) is 5.38. The van der Waals surface area contributed by atoms with E-state index in [4.69, 9.17) is 10.5 Å². The second-order valence-electron chi connectivity index (χ2n) is 7.45. The molecule has 3 nitrogen and oxygen atoms in total. The quantitative estimate of drug-likeness (QED) is 0.366. The molecule has 0 aromatic heterocycles. The first-order valence-electron chi connectivity index (χ1n) is 10.3. The van der Waals surface area contributed by atoms with Crippen LogP contribution < -0.4 is 5.73 Å². The topological polar surface area (TPSA) is 52.3 Å². The van der Waals surface area contributed by atoms with Crippen LogP contribution in [0.4, 0.5) is 0 Å². The molecule has 0 fully saturated rings. The van der Waals surface area contributed by atoms with Gasteiger partial charge in [0.1, 0.15) is 6.61 Å². The Morgan fingerprint density at radius 3 is 2.37 bits per heavy atom. The zero-order valence-electron chi connectivity index (χ0n) is 16.2. The number of hydrogen-bond donors (Lipinski definition) is 1. The van der Waals surface area contributed by atoms with Gasteiger partial charge in [-0.05, 0) is 53.6 Å². The van der Waals surface area contributed by atoms with Crippen LogP contribution in [0.1, 0.15) is 68.1 Å². The third-order valence-electron chi connectivity index (χ3n) is 5.42. The monoisotopic (exact) mass is 365 g/mol. The fourth-order valence-electron chi connectivity index (χ4n) is 3.89. The zero-order valence-corrected chi connectivity index (χ0v) is 16.2. The fourth-order valence-corrected chi connectivity index (χ4v) is 3.89. The molecule has 0 aliphatic heterocycles. The van der Waals surface area contributed by atoms with E-state index in [-0.39, 0.29) is 5.97 Å². The van der Waals surface area contributed by atoms with Gasteiger partial charge in [-0.15, -0.1) is 0 Å². The summed E-state index contributed by atoms with van der Waals surface area (Å²) >= 11 is 0. The number of nitrogens with two attached hydrogens (primary N) is 1. The van der Waals surface area contributed by atoms with Crippen molar-refractivity contribution >= 4 is 5.97 Å². The maximum atomic E-state index is 12.1. The van der Waals surface area contributed by atoms with Gasteiger partial charge in [0, 0.05) is 6.42 Å². The lowest BCUT2D eigenvalue weighted by Crippen LogP contribution is -2.06. The van der Waals surface area contributed by atoms with E-state index in [0.29, 0.717) is 13.0 Å². The molecule has 0 bridgehead atoms. The van der Waals surface area contributed by atoms with E-state index >= 15 is 0 Å². The minimum Gasteiger partial charge on any atom is -0.461 e. The van der Waals surface area contributed by atoms with Gasteiger partial charge in [-0.25, -0.2) is 0 Å². The molecule has 2 aromatic rings. The Morgan fingerprint density at radius 1 is 0.852 bits per heavy atom. The number of benzene rings is 2. The maximum Gasteiger partial charge on any atom is 0.306 e. The maximum absolute atomic E-state index is 12.1. The van der Waals surface area contributed by atoms with Crippen molar-refractivity contribution in [2.45, 2.75) is 64.4 Å². The molecule has 0 radical (unpaired) electrons. The van der Waals surface area contributed by atoms with Gasteiger partial charge in [0.25, 0.3) is 0 Å². The smallest absolute Gasteiger partial charge is 0.306 e. The van der Waals surface area contributed by atoms with Crippen molar-refractivity contribution < 1.29 is 9.53 Å². The molecule has 0 heterocycles. The van der Waals surface area contributed by atoms with E-state index in [1.54, 1.807) is 0 Å². The molecular weight excluding hydrogens is 334 g/mol. The van der Waals surface area contributed by atoms with Crippen LogP contribution in [-0.4, -0.2) is 12.5 Å². The van der Waals surface area contributed by atoms with Crippen molar-refractivity contribution in [3.05, 3.63) is 59.2 Å². The van der Waals surface area contributed by atoms with Crippen molar-refractivity contribution in [3.8, 4) is 11.1 Å². The Kier molecular flexibility index (Phi) is 7.46. The Bertz CT molecular complexity index is 754. The largest absolute Gasteiger partial charge is 0.461 e. The van der Waals surface area contributed by atoms with E-state index in [0.717, 1.165) is 37.8 Å². The van der Waals surface area contributed by atoms with Crippen molar-refractivity contribution in [3.63, 3.8) is 0 Å². The first-order chi connectivity index (χ1) is 13.3. The summed E-state index contributed by atoms with van der Waals surface area (Å²) in [5.74, 6) is -0.0776. The third-order valence-corrected chi connectivity index (χ3v) is 5.42. The molecular formula is C24H31NO2. The van der Waals surface area contributed by atoms with Crippen molar-refractivity contribution in [1.29, 1.82) is 0 Å². The first-order valence-corrected chi connectivity index (χ1v) is 10.3. The summed E-state index contributed by atoms with van der Waals surface area (Å²) in [6, 6.07) is 14.8.